The number of halogens is 1. The van der Waals surface area contributed by atoms with Gasteiger partial charge in [-0.3, -0.25) is 5.32 Å². The molecule has 1 heterocycles. The number of benzene rings is 1. The van der Waals surface area contributed by atoms with Crippen molar-refractivity contribution < 1.29 is 0 Å². The first-order valence-corrected chi connectivity index (χ1v) is 7.79. The van der Waals surface area contributed by atoms with E-state index in [1.165, 1.54) is 11.3 Å². The molecule has 0 bridgehead atoms. The third-order valence-electron chi connectivity index (χ3n) is 2.74. The van der Waals surface area contributed by atoms with E-state index < -0.39 is 0 Å². The first-order chi connectivity index (χ1) is 7.27. The summed E-state index contributed by atoms with van der Waals surface area (Å²) in [5, 5.41) is 3.61. The highest BCUT2D eigenvalue weighted by Crippen LogP contribution is 2.35. The molecule has 2 atom stereocenters. The Morgan fingerprint density at radius 1 is 1.47 bits per heavy atom. The summed E-state index contributed by atoms with van der Waals surface area (Å²) in [6.45, 7) is 2.23. The molecule has 2 unspecified atom stereocenters. The fourth-order valence-corrected chi connectivity index (χ4v) is 3.77. The molecule has 1 aromatic carbocycles. The maximum atomic E-state index is 3.61. The van der Waals surface area contributed by atoms with E-state index in [-0.39, 0.29) is 0 Å². The smallest absolute Gasteiger partial charge is 0.129 e. The number of fused-ring (bicyclic) bond motifs is 1. The van der Waals surface area contributed by atoms with Gasteiger partial charge in [0.05, 0.1) is 4.55 Å². The average Bonchev–Trinajstić information content (AvgIpc) is 2.29. The molecule has 1 aliphatic heterocycles. The van der Waals surface area contributed by atoms with Crippen LogP contribution in [0.1, 0.15) is 18.5 Å². The van der Waals surface area contributed by atoms with Gasteiger partial charge in [-0.05, 0) is 24.8 Å². The Labute approximate surface area is 109 Å². The lowest BCUT2D eigenvalue weighted by Crippen LogP contribution is -2.48. The van der Waals surface area contributed by atoms with Crippen LogP contribution in [0.4, 0.5) is 5.69 Å². The van der Waals surface area contributed by atoms with Crippen molar-refractivity contribution in [2.45, 2.75) is 18.5 Å². The molecule has 0 aliphatic carbocycles. The number of hydrogen-bond donors (Lipinski definition) is 1. The molecule has 0 radical (unpaired) electrons. The van der Waals surface area contributed by atoms with Crippen LogP contribution in [0.25, 0.3) is 0 Å². The van der Waals surface area contributed by atoms with Gasteiger partial charge in [-0.25, -0.2) is 0 Å². The molecule has 4 heteroatoms. The van der Waals surface area contributed by atoms with E-state index in [1.54, 1.807) is 0 Å². The van der Waals surface area contributed by atoms with E-state index in [0.717, 1.165) is 4.55 Å². The summed E-state index contributed by atoms with van der Waals surface area (Å²) in [4.78, 5) is 2.40. The quantitative estimate of drug-likeness (QED) is 0.508. The normalized spacial score (nSPS) is 25.1. The summed E-state index contributed by atoms with van der Waals surface area (Å²) in [5.74, 6) is 0. The summed E-state index contributed by atoms with van der Waals surface area (Å²) in [7, 11) is 0. The highest BCUT2D eigenvalue weighted by atomic mass is 127. The van der Waals surface area contributed by atoms with Crippen LogP contribution in [0, 0.1) is 0 Å². The zero-order valence-electron chi connectivity index (χ0n) is 8.90. The van der Waals surface area contributed by atoms with Gasteiger partial charge < -0.3 is 4.90 Å². The molecule has 82 valence electrons. The van der Waals surface area contributed by atoms with Crippen molar-refractivity contribution in [3.05, 3.63) is 29.8 Å². The molecule has 2 nitrogen and oxygen atoms in total. The van der Waals surface area contributed by atoms with Gasteiger partial charge in [-0.2, -0.15) is 0 Å². The first kappa shape index (κ1) is 11.5. The standard InChI is InChI=1S/C11H15IN2S/c1-8-9-5-3-4-6-10(9)14(7-12)11(13-8)15-2/h3-6,8,11,13H,7H2,1-2H3. The maximum absolute atomic E-state index is 3.61. The summed E-state index contributed by atoms with van der Waals surface area (Å²) >= 11 is 4.28. The summed E-state index contributed by atoms with van der Waals surface area (Å²) in [5.41, 5.74) is 3.17. The lowest BCUT2D eigenvalue weighted by Gasteiger charge is -2.40. The first-order valence-electron chi connectivity index (χ1n) is 4.98. The minimum atomic E-state index is 0.395. The highest BCUT2D eigenvalue weighted by Gasteiger charge is 2.27. The third kappa shape index (κ3) is 2.12. The number of hydrogen-bond acceptors (Lipinski definition) is 3. The summed E-state index contributed by atoms with van der Waals surface area (Å²) < 4.78 is 1.01. The molecule has 0 saturated carbocycles. The molecule has 2 rings (SSSR count). The Bertz CT molecular complexity index is 345. The number of alkyl halides is 1. The lowest BCUT2D eigenvalue weighted by atomic mass is 10.0. The predicted octanol–water partition coefficient (Wildman–Crippen LogP) is 3.20. The van der Waals surface area contributed by atoms with Crippen molar-refractivity contribution in [3.63, 3.8) is 0 Å². The van der Waals surface area contributed by atoms with Gasteiger partial charge >= 0.3 is 0 Å². The van der Waals surface area contributed by atoms with E-state index >= 15 is 0 Å². The molecular weight excluding hydrogens is 319 g/mol. The second kappa shape index (κ2) is 4.93. The van der Waals surface area contributed by atoms with Gasteiger partial charge in [-0.15, -0.1) is 11.8 Å². The van der Waals surface area contributed by atoms with Crippen LogP contribution < -0.4 is 10.2 Å². The van der Waals surface area contributed by atoms with Gasteiger partial charge in [0, 0.05) is 11.7 Å². The van der Waals surface area contributed by atoms with Crippen LogP contribution in [0.3, 0.4) is 0 Å². The molecule has 0 fully saturated rings. The lowest BCUT2D eigenvalue weighted by molar-refractivity contribution is 0.516. The SMILES string of the molecule is CSC1NC(C)c2ccccc2N1CI. The monoisotopic (exact) mass is 334 g/mol. The molecule has 1 aliphatic rings. The van der Waals surface area contributed by atoms with Crippen LogP contribution in [-0.4, -0.2) is 16.3 Å². The fourth-order valence-electron chi connectivity index (χ4n) is 1.96. The molecule has 0 aromatic heterocycles. The second-order valence-corrected chi connectivity index (χ2v) is 5.22. The van der Waals surface area contributed by atoms with Crippen molar-refractivity contribution in [2.24, 2.45) is 0 Å². The topological polar surface area (TPSA) is 15.3 Å². The molecular formula is C11H15IN2S. The minimum absolute atomic E-state index is 0.395. The fraction of sp³-hybridized carbons (Fsp3) is 0.455. The Balaban J connectivity index is 2.41. The number of nitrogens with one attached hydrogen (secondary N) is 1. The largest absolute Gasteiger partial charge is 0.338 e. The van der Waals surface area contributed by atoms with Crippen molar-refractivity contribution in [3.8, 4) is 0 Å². The van der Waals surface area contributed by atoms with Gasteiger partial charge in [0.1, 0.15) is 5.50 Å². The number of nitrogens with zero attached hydrogens (tertiary/aromatic N) is 1. The van der Waals surface area contributed by atoms with Gasteiger partial charge in [0.25, 0.3) is 0 Å². The molecule has 15 heavy (non-hydrogen) atoms. The van der Waals surface area contributed by atoms with Gasteiger partial charge in [0.2, 0.25) is 0 Å². The zero-order chi connectivity index (χ0) is 10.8. The van der Waals surface area contributed by atoms with Crippen LogP contribution in [0.2, 0.25) is 0 Å². The van der Waals surface area contributed by atoms with Crippen molar-refractivity contribution >= 4 is 40.0 Å². The van der Waals surface area contributed by atoms with E-state index in [9.17, 15) is 0 Å². The second-order valence-electron chi connectivity index (χ2n) is 3.62. The van der Waals surface area contributed by atoms with Gasteiger partial charge in [0.15, 0.2) is 0 Å². The number of para-hydroxylation sites is 1. The van der Waals surface area contributed by atoms with Crippen molar-refractivity contribution in [1.29, 1.82) is 0 Å². The molecule has 1 N–H and O–H groups in total. The Hall–Kier alpha value is 0.0600. The number of rotatable bonds is 2. The zero-order valence-corrected chi connectivity index (χ0v) is 11.9. The van der Waals surface area contributed by atoms with E-state index in [2.05, 4.69) is 70.3 Å². The third-order valence-corrected chi connectivity index (χ3v) is 4.31. The Morgan fingerprint density at radius 3 is 2.87 bits per heavy atom. The van der Waals surface area contributed by atoms with Gasteiger partial charge in [-0.1, -0.05) is 40.8 Å². The van der Waals surface area contributed by atoms with E-state index in [0.29, 0.717) is 11.5 Å². The van der Waals surface area contributed by atoms with Crippen LogP contribution in [0.5, 0.6) is 0 Å². The maximum Gasteiger partial charge on any atom is 0.129 e. The van der Waals surface area contributed by atoms with Crippen LogP contribution in [0.15, 0.2) is 24.3 Å². The summed E-state index contributed by atoms with van der Waals surface area (Å²) in [6, 6.07) is 9.10. The van der Waals surface area contributed by atoms with E-state index in [4.69, 9.17) is 0 Å². The minimum Gasteiger partial charge on any atom is -0.338 e. The van der Waals surface area contributed by atoms with Crippen LogP contribution in [-0.2, 0) is 0 Å². The molecule has 0 saturated heterocycles. The number of thioether (sulfide) groups is 1. The van der Waals surface area contributed by atoms with Crippen molar-refractivity contribution in [1.82, 2.24) is 5.32 Å². The van der Waals surface area contributed by atoms with Crippen molar-refractivity contribution in [2.75, 3.05) is 15.7 Å². The van der Waals surface area contributed by atoms with E-state index in [1.807, 2.05) is 11.8 Å². The molecule has 1 aromatic rings. The Morgan fingerprint density at radius 2 is 2.20 bits per heavy atom. The van der Waals surface area contributed by atoms with Crippen LogP contribution >= 0.6 is 34.4 Å². The highest BCUT2D eigenvalue weighted by molar-refractivity contribution is 14.1. The predicted molar refractivity (Wildman–Crippen MR) is 76.7 cm³/mol. The average molecular weight is 334 g/mol. The molecule has 0 amide bonds. The summed E-state index contributed by atoms with van der Waals surface area (Å²) in [6.07, 6.45) is 2.15. The number of anilines is 1. The Kier molecular flexibility index (Phi) is 3.79. The molecule has 0 spiro atoms.